The molecule has 118 valence electrons. The van der Waals surface area contributed by atoms with Gasteiger partial charge in [-0.3, -0.25) is 14.7 Å². The minimum atomic E-state index is -0.423. The first-order valence-corrected chi connectivity index (χ1v) is 7.69. The molecular formula is C18H19N3O2. The summed E-state index contributed by atoms with van der Waals surface area (Å²) < 4.78 is 0. The third-order valence-electron chi connectivity index (χ3n) is 4.14. The summed E-state index contributed by atoms with van der Waals surface area (Å²) in [4.78, 5) is 32.0. The Balaban J connectivity index is 1.68. The molecule has 1 aliphatic rings. The van der Waals surface area contributed by atoms with Gasteiger partial charge in [0.1, 0.15) is 6.04 Å². The number of pyridine rings is 1. The van der Waals surface area contributed by atoms with Crippen molar-refractivity contribution in [1.82, 2.24) is 14.8 Å². The minimum absolute atomic E-state index is 0.128. The lowest BCUT2D eigenvalue weighted by Crippen LogP contribution is -2.34. The van der Waals surface area contributed by atoms with Crippen LogP contribution in [0.1, 0.15) is 11.3 Å². The zero-order valence-corrected chi connectivity index (χ0v) is 13.1. The number of hydrogen-bond donors (Lipinski definition) is 0. The lowest BCUT2D eigenvalue weighted by molar-refractivity contribution is -0.128. The quantitative estimate of drug-likeness (QED) is 0.795. The number of likely N-dealkylation sites (N-methyl/N-ethyl adjacent to an activating group) is 1. The van der Waals surface area contributed by atoms with Crippen LogP contribution in [0.3, 0.4) is 0 Å². The molecule has 0 bridgehead atoms. The Hall–Kier alpha value is -2.69. The Morgan fingerprint density at radius 3 is 2.48 bits per heavy atom. The molecule has 5 nitrogen and oxygen atoms in total. The van der Waals surface area contributed by atoms with Crippen LogP contribution in [0.4, 0.5) is 4.79 Å². The van der Waals surface area contributed by atoms with Gasteiger partial charge >= 0.3 is 6.03 Å². The number of rotatable bonds is 5. The van der Waals surface area contributed by atoms with Crippen LogP contribution in [0, 0.1) is 0 Å². The van der Waals surface area contributed by atoms with Crippen LogP contribution in [-0.2, 0) is 17.6 Å². The van der Waals surface area contributed by atoms with Crippen molar-refractivity contribution >= 4 is 11.9 Å². The van der Waals surface area contributed by atoms with Crippen molar-refractivity contribution in [2.24, 2.45) is 0 Å². The van der Waals surface area contributed by atoms with Crippen LogP contribution in [0.5, 0.6) is 0 Å². The number of amides is 3. The van der Waals surface area contributed by atoms with E-state index in [1.807, 2.05) is 48.5 Å². The molecule has 5 heteroatoms. The van der Waals surface area contributed by atoms with Gasteiger partial charge in [0.25, 0.3) is 5.91 Å². The summed E-state index contributed by atoms with van der Waals surface area (Å²) in [5.41, 5.74) is 1.93. The number of hydrogen-bond acceptors (Lipinski definition) is 3. The molecule has 3 rings (SSSR count). The van der Waals surface area contributed by atoms with E-state index >= 15 is 0 Å². The van der Waals surface area contributed by atoms with Gasteiger partial charge in [0.2, 0.25) is 0 Å². The summed E-state index contributed by atoms with van der Waals surface area (Å²) in [5, 5.41) is 0. The van der Waals surface area contributed by atoms with Crippen molar-refractivity contribution in [2.45, 2.75) is 18.9 Å². The Labute approximate surface area is 135 Å². The number of imide groups is 1. The molecule has 3 amide bonds. The average Bonchev–Trinajstić information content (AvgIpc) is 2.79. The Morgan fingerprint density at radius 1 is 1.04 bits per heavy atom. The van der Waals surface area contributed by atoms with Crippen LogP contribution >= 0.6 is 0 Å². The molecule has 1 aliphatic heterocycles. The highest BCUT2D eigenvalue weighted by Gasteiger charge is 2.42. The predicted octanol–water partition coefficient (Wildman–Crippen LogP) is 2.13. The van der Waals surface area contributed by atoms with Gasteiger partial charge in [-0.1, -0.05) is 36.4 Å². The van der Waals surface area contributed by atoms with Gasteiger partial charge in [-0.05, 0) is 17.7 Å². The van der Waals surface area contributed by atoms with Gasteiger partial charge in [-0.2, -0.15) is 0 Å². The lowest BCUT2D eigenvalue weighted by Gasteiger charge is -2.15. The molecule has 0 spiro atoms. The van der Waals surface area contributed by atoms with E-state index in [1.165, 1.54) is 9.80 Å². The molecule has 1 atom stereocenters. The summed E-state index contributed by atoms with van der Waals surface area (Å²) in [5.74, 6) is -0.128. The van der Waals surface area contributed by atoms with E-state index in [0.717, 1.165) is 11.3 Å². The predicted molar refractivity (Wildman–Crippen MR) is 86.7 cm³/mol. The number of nitrogens with zero attached hydrogens (tertiary/aromatic N) is 3. The summed E-state index contributed by atoms with van der Waals surface area (Å²) >= 11 is 0. The molecule has 2 aromatic rings. The Bertz CT molecular complexity index is 688. The highest BCUT2D eigenvalue weighted by molar-refractivity contribution is 6.04. The average molecular weight is 309 g/mol. The Kier molecular flexibility index (Phi) is 4.37. The molecule has 0 aliphatic carbocycles. The standard InChI is InChI=1S/C18H19N3O2/c1-20-16(13-14-7-3-2-4-8-14)17(22)21(18(20)23)12-10-15-9-5-6-11-19-15/h2-9,11,16H,10,12-13H2,1H3/t16-/m1/s1. The first-order chi connectivity index (χ1) is 11.2. The summed E-state index contributed by atoms with van der Waals surface area (Å²) in [7, 11) is 1.69. The number of benzene rings is 1. The largest absolute Gasteiger partial charge is 0.327 e. The van der Waals surface area contributed by atoms with Crippen LogP contribution in [0.25, 0.3) is 0 Å². The minimum Gasteiger partial charge on any atom is -0.315 e. The highest BCUT2D eigenvalue weighted by Crippen LogP contribution is 2.20. The van der Waals surface area contributed by atoms with Crippen LogP contribution in [0.2, 0.25) is 0 Å². The Morgan fingerprint density at radius 2 is 1.78 bits per heavy atom. The van der Waals surface area contributed by atoms with E-state index in [-0.39, 0.29) is 11.9 Å². The van der Waals surface area contributed by atoms with E-state index in [2.05, 4.69) is 4.98 Å². The maximum Gasteiger partial charge on any atom is 0.327 e. The van der Waals surface area contributed by atoms with Gasteiger partial charge in [0.05, 0.1) is 0 Å². The van der Waals surface area contributed by atoms with Crippen LogP contribution < -0.4 is 0 Å². The second kappa shape index (κ2) is 6.60. The molecule has 0 unspecified atom stereocenters. The normalized spacial score (nSPS) is 17.9. The number of carbonyl (C=O) groups excluding carboxylic acids is 2. The van der Waals surface area contributed by atoms with Gasteiger partial charge < -0.3 is 4.90 Å². The van der Waals surface area contributed by atoms with Gasteiger partial charge in [-0.25, -0.2) is 4.79 Å². The van der Waals surface area contributed by atoms with Crippen molar-refractivity contribution in [3.8, 4) is 0 Å². The van der Waals surface area contributed by atoms with E-state index in [4.69, 9.17) is 0 Å². The summed E-state index contributed by atoms with van der Waals surface area (Å²) in [6.45, 7) is 0.365. The third kappa shape index (κ3) is 3.23. The third-order valence-corrected chi connectivity index (χ3v) is 4.14. The fourth-order valence-electron chi connectivity index (χ4n) is 2.80. The molecule has 23 heavy (non-hydrogen) atoms. The molecule has 1 fully saturated rings. The molecule has 0 N–H and O–H groups in total. The summed E-state index contributed by atoms with van der Waals surface area (Å²) in [6.07, 6.45) is 2.83. The molecule has 1 aromatic carbocycles. The SMILES string of the molecule is CN1C(=O)N(CCc2ccccn2)C(=O)[C@H]1Cc1ccccc1. The van der Waals surface area contributed by atoms with Crippen LogP contribution in [-0.4, -0.2) is 46.4 Å². The zero-order valence-electron chi connectivity index (χ0n) is 13.1. The first kappa shape index (κ1) is 15.2. The van der Waals surface area contributed by atoms with Crippen LogP contribution in [0.15, 0.2) is 54.7 Å². The topological polar surface area (TPSA) is 53.5 Å². The van der Waals surface area contributed by atoms with Gasteiger partial charge in [0.15, 0.2) is 0 Å². The van der Waals surface area contributed by atoms with E-state index in [9.17, 15) is 9.59 Å². The fraction of sp³-hybridized carbons (Fsp3) is 0.278. The maximum atomic E-state index is 12.6. The van der Waals surface area contributed by atoms with Crippen molar-refractivity contribution in [3.63, 3.8) is 0 Å². The number of aromatic nitrogens is 1. The smallest absolute Gasteiger partial charge is 0.315 e. The van der Waals surface area contributed by atoms with Gasteiger partial charge in [0, 0.05) is 38.3 Å². The second-order valence-corrected chi connectivity index (χ2v) is 5.66. The fourth-order valence-corrected chi connectivity index (χ4v) is 2.80. The van der Waals surface area contributed by atoms with Crippen molar-refractivity contribution in [3.05, 3.63) is 66.0 Å². The molecular weight excluding hydrogens is 290 g/mol. The van der Waals surface area contributed by atoms with E-state index < -0.39 is 6.04 Å². The van der Waals surface area contributed by atoms with Crippen molar-refractivity contribution < 1.29 is 9.59 Å². The van der Waals surface area contributed by atoms with Gasteiger partial charge in [-0.15, -0.1) is 0 Å². The number of carbonyl (C=O) groups is 2. The van der Waals surface area contributed by atoms with E-state index in [1.54, 1.807) is 13.2 Å². The zero-order chi connectivity index (χ0) is 16.2. The molecule has 0 radical (unpaired) electrons. The lowest BCUT2D eigenvalue weighted by atomic mass is 10.1. The molecule has 1 aromatic heterocycles. The molecule has 1 saturated heterocycles. The summed E-state index contributed by atoms with van der Waals surface area (Å²) in [6, 6.07) is 14.8. The number of urea groups is 1. The molecule has 2 heterocycles. The van der Waals surface area contributed by atoms with Crippen molar-refractivity contribution in [2.75, 3.05) is 13.6 Å². The maximum absolute atomic E-state index is 12.6. The first-order valence-electron chi connectivity index (χ1n) is 7.69. The van der Waals surface area contributed by atoms with Crippen molar-refractivity contribution in [1.29, 1.82) is 0 Å². The molecule has 0 saturated carbocycles. The van der Waals surface area contributed by atoms with E-state index in [0.29, 0.717) is 19.4 Å². The highest BCUT2D eigenvalue weighted by atomic mass is 16.2. The monoisotopic (exact) mass is 309 g/mol. The second-order valence-electron chi connectivity index (χ2n) is 5.66.